The van der Waals surface area contributed by atoms with Gasteiger partial charge >= 0.3 is 0 Å². The van der Waals surface area contributed by atoms with Crippen molar-refractivity contribution in [3.8, 4) is 28.1 Å². The average molecular weight is 342 g/mol. The number of hydrogen-bond acceptors (Lipinski definition) is 4. The number of hydrogen-bond donors (Lipinski definition) is 1. The monoisotopic (exact) mass is 342 g/mol. The maximum absolute atomic E-state index is 11.2. The second-order valence-electron chi connectivity index (χ2n) is 5.93. The van der Waals surface area contributed by atoms with Crippen LogP contribution in [0.15, 0.2) is 78.9 Å². The topological polar surface area (TPSA) is 76.3 Å². The summed E-state index contributed by atoms with van der Waals surface area (Å²) in [5.41, 5.74) is 3.97. The first-order valence-corrected chi connectivity index (χ1v) is 8.06. The number of aromatic hydroxyl groups is 1. The Morgan fingerprint density at radius 2 is 1.62 bits per heavy atom. The van der Waals surface area contributed by atoms with Crippen LogP contribution in [0.25, 0.3) is 33.3 Å². The van der Waals surface area contributed by atoms with Gasteiger partial charge in [-0.3, -0.25) is 10.1 Å². The van der Waals surface area contributed by atoms with Gasteiger partial charge in [-0.05, 0) is 35.4 Å². The molecule has 0 aliphatic rings. The molecule has 0 radical (unpaired) electrons. The van der Waals surface area contributed by atoms with Crippen molar-refractivity contribution in [2.75, 3.05) is 0 Å². The summed E-state index contributed by atoms with van der Waals surface area (Å²) in [6.45, 7) is 0. The van der Waals surface area contributed by atoms with Crippen LogP contribution in [-0.4, -0.2) is 15.0 Å². The highest BCUT2D eigenvalue weighted by atomic mass is 16.6. The first-order valence-electron chi connectivity index (χ1n) is 8.06. The molecule has 0 unspecified atom stereocenters. The number of nitro groups is 1. The summed E-state index contributed by atoms with van der Waals surface area (Å²) in [5.74, 6) is 0.161. The standard InChI is InChI=1S/C21H14N2O3/c24-17-8-4-7-15(11-17)21-13-18(14-5-2-1-3-6-14)19-12-16(23(25)26)9-10-20(19)22-21/h1-13,24H. The predicted molar refractivity (Wildman–Crippen MR) is 101 cm³/mol. The van der Waals surface area contributed by atoms with Crippen LogP contribution < -0.4 is 0 Å². The Balaban J connectivity index is 2.03. The second-order valence-corrected chi connectivity index (χ2v) is 5.93. The molecule has 1 N–H and O–H groups in total. The Bertz CT molecular complexity index is 1120. The van der Waals surface area contributed by atoms with Crippen LogP contribution in [-0.2, 0) is 0 Å². The van der Waals surface area contributed by atoms with Crippen molar-refractivity contribution in [3.05, 3.63) is 89.0 Å². The zero-order valence-electron chi connectivity index (χ0n) is 13.7. The van der Waals surface area contributed by atoms with Crippen LogP contribution in [0.3, 0.4) is 0 Å². The third-order valence-corrected chi connectivity index (χ3v) is 4.23. The molecule has 0 aliphatic heterocycles. The van der Waals surface area contributed by atoms with Crippen molar-refractivity contribution in [1.29, 1.82) is 0 Å². The Morgan fingerprint density at radius 3 is 2.35 bits per heavy atom. The lowest BCUT2D eigenvalue weighted by molar-refractivity contribution is -0.384. The van der Waals surface area contributed by atoms with E-state index in [2.05, 4.69) is 4.98 Å². The fraction of sp³-hybridized carbons (Fsp3) is 0. The van der Waals surface area contributed by atoms with E-state index in [1.165, 1.54) is 6.07 Å². The third-order valence-electron chi connectivity index (χ3n) is 4.23. The smallest absolute Gasteiger partial charge is 0.270 e. The van der Waals surface area contributed by atoms with Crippen LogP contribution in [0.1, 0.15) is 0 Å². The summed E-state index contributed by atoms with van der Waals surface area (Å²) in [7, 11) is 0. The van der Waals surface area contributed by atoms with Gasteiger partial charge in [0.05, 0.1) is 16.1 Å². The Labute approximate surface area is 149 Å². The summed E-state index contributed by atoms with van der Waals surface area (Å²) >= 11 is 0. The van der Waals surface area contributed by atoms with E-state index in [4.69, 9.17) is 0 Å². The van der Waals surface area contributed by atoms with Crippen molar-refractivity contribution >= 4 is 16.6 Å². The highest BCUT2D eigenvalue weighted by Gasteiger charge is 2.14. The van der Waals surface area contributed by atoms with E-state index in [1.54, 1.807) is 30.3 Å². The fourth-order valence-corrected chi connectivity index (χ4v) is 3.00. The molecule has 4 aromatic rings. The van der Waals surface area contributed by atoms with E-state index < -0.39 is 4.92 Å². The number of nitro benzene ring substituents is 1. The van der Waals surface area contributed by atoms with Crippen molar-refractivity contribution < 1.29 is 10.0 Å². The number of fused-ring (bicyclic) bond motifs is 1. The van der Waals surface area contributed by atoms with Gasteiger partial charge in [0.25, 0.3) is 5.69 Å². The van der Waals surface area contributed by atoms with E-state index in [1.807, 2.05) is 42.5 Å². The van der Waals surface area contributed by atoms with Crippen molar-refractivity contribution in [2.45, 2.75) is 0 Å². The van der Waals surface area contributed by atoms with Gasteiger partial charge in [0, 0.05) is 23.1 Å². The molecule has 1 heterocycles. The van der Waals surface area contributed by atoms with Gasteiger partial charge in [0.1, 0.15) is 5.75 Å². The molecule has 0 fully saturated rings. The maximum Gasteiger partial charge on any atom is 0.270 e. The van der Waals surface area contributed by atoms with Crippen LogP contribution in [0.5, 0.6) is 5.75 Å². The number of nitrogens with zero attached hydrogens (tertiary/aromatic N) is 2. The number of benzene rings is 3. The average Bonchev–Trinajstić information content (AvgIpc) is 2.67. The maximum atomic E-state index is 11.2. The molecule has 0 saturated carbocycles. The van der Waals surface area contributed by atoms with Gasteiger partial charge in [-0.15, -0.1) is 0 Å². The van der Waals surface area contributed by atoms with E-state index in [0.717, 1.165) is 16.7 Å². The van der Waals surface area contributed by atoms with Crippen LogP contribution in [0.2, 0.25) is 0 Å². The number of phenols is 1. The molecule has 5 heteroatoms. The fourth-order valence-electron chi connectivity index (χ4n) is 3.00. The Kier molecular flexibility index (Phi) is 3.82. The minimum atomic E-state index is -0.405. The van der Waals surface area contributed by atoms with E-state index in [9.17, 15) is 15.2 Å². The normalized spacial score (nSPS) is 10.8. The minimum absolute atomic E-state index is 0.0292. The summed E-state index contributed by atoms with van der Waals surface area (Å²) in [4.78, 5) is 15.4. The molecule has 0 atom stereocenters. The number of aromatic nitrogens is 1. The molecule has 5 nitrogen and oxygen atoms in total. The van der Waals surface area contributed by atoms with Crippen LogP contribution in [0.4, 0.5) is 5.69 Å². The van der Waals surface area contributed by atoms with Gasteiger partial charge in [0.2, 0.25) is 0 Å². The summed E-state index contributed by atoms with van der Waals surface area (Å²) in [5, 5.41) is 21.7. The summed E-state index contributed by atoms with van der Waals surface area (Å²) in [6.07, 6.45) is 0. The van der Waals surface area contributed by atoms with Gasteiger partial charge in [-0.1, -0.05) is 42.5 Å². The van der Waals surface area contributed by atoms with Crippen molar-refractivity contribution in [1.82, 2.24) is 4.98 Å². The SMILES string of the molecule is O=[N+]([O-])c1ccc2nc(-c3cccc(O)c3)cc(-c3ccccc3)c2c1. The van der Waals surface area contributed by atoms with Gasteiger partial charge < -0.3 is 5.11 Å². The molecule has 3 aromatic carbocycles. The zero-order valence-corrected chi connectivity index (χ0v) is 13.7. The van der Waals surface area contributed by atoms with Gasteiger partial charge in [0.15, 0.2) is 0 Å². The predicted octanol–water partition coefficient (Wildman–Crippen LogP) is 5.18. The number of pyridine rings is 1. The van der Waals surface area contributed by atoms with Crippen LogP contribution in [0, 0.1) is 10.1 Å². The Morgan fingerprint density at radius 1 is 0.846 bits per heavy atom. The van der Waals surface area contributed by atoms with Crippen molar-refractivity contribution in [2.24, 2.45) is 0 Å². The molecule has 26 heavy (non-hydrogen) atoms. The van der Waals surface area contributed by atoms with E-state index in [-0.39, 0.29) is 11.4 Å². The Hall–Kier alpha value is -3.73. The number of non-ortho nitro benzene ring substituents is 1. The lowest BCUT2D eigenvalue weighted by atomic mass is 9.98. The molecule has 0 bridgehead atoms. The quantitative estimate of drug-likeness (QED) is 0.411. The number of phenolic OH excluding ortho intramolecular Hbond substituents is 1. The first-order chi connectivity index (χ1) is 12.6. The minimum Gasteiger partial charge on any atom is -0.508 e. The van der Waals surface area contributed by atoms with Gasteiger partial charge in [-0.2, -0.15) is 0 Å². The lowest BCUT2D eigenvalue weighted by Crippen LogP contribution is -1.92. The molecule has 0 saturated heterocycles. The third kappa shape index (κ3) is 2.86. The van der Waals surface area contributed by atoms with Gasteiger partial charge in [-0.25, -0.2) is 4.98 Å². The zero-order chi connectivity index (χ0) is 18.1. The molecular weight excluding hydrogens is 328 g/mol. The first kappa shape index (κ1) is 15.8. The molecule has 0 spiro atoms. The highest BCUT2D eigenvalue weighted by Crippen LogP contribution is 2.34. The molecule has 0 amide bonds. The molecule has 1 aromatic heterocycles. The number of rotatable bonds is 3. The van der Waals surface area contributed by atoms with E-state index >= 15 is 0 Å². The van der Waals surface area contributed by atoms with E-state index in [0.29, 0.717) is 16.6 Å². The van der Waals surface area contributed by atoms with Crippen molar-refractivity contribution in [3.63, 3.8) is 0 Å². The molecule has 0 aliphatic carbocycles. The molecular formula is C21H14N2O3. The summed E-state index contributed by atoms with van der Waals surface area (Å²) < 4.78 is 0. The summed E-state index contributed by atoms with van der Waals surface area (Å²) in [6, 6.07) is 23.1. The largest absolute Gasteiger partial charge is 0.508 e. The highest BCUT2D eigenvalue weighted by molar-refractivity contribution is 5.97. The lowest BCUT2D eigenvalue weighted by Gasteiger charge is -2.10. The molecule has 126 valence electrons. The molecule has 4 rings (SSSR count). The second kappa shape index (κ2) is 6.29. The van der Waals surface area contributed by atoms with Crippen LogP contribution >= 0.6 is 0 Å².